The first kappa shape index (κ1) is 16.0. The van der Waals surface area contributed by atoms with Crippen molar-refractivity contribution in [3.63, 3.8) is 0 Å². The predicted octanol–water partition coefficient (Wildman–Crippen LogP) is 4.70. The number of aromatic amines is 1. The van der Waals surface area contributed by atoms with Crippen LogP contribution < -0.4 is 0 Å². The lowest BCUT2D eigenvalue weighted by atomic mass is 10.1. The van der Waals surface area contributed by atoms with Crippen LogP contribution in [0.5, 0.6) is 0 Å². The molecule has 0 aliphatic rings. The maximum Gasteiger partial charge on any atom is 0.268 e. The molecule has 4 aromatic rings. The van der Waals surface area contributed by atoms with Crippen molar-refractivity contribution in [1.29, 1.82) is 0 Å². The molecule has 0 bridgehead atoms. The molecule has 1 N–H and O–H groups in total. The minimum Gasteiger partial charge on any atom is -0.358 e. The first-order valence-corrected chi connectivity index (χ1v) is 9.97. The fraction of sp³-hybridized carbons (Fsp3) is 0.200. The smallest absolute Gasteiger partial charge is 0.268 e. The predicted molar refractivity (Wildman–Crippen MR) is 101 cm³/mol. The molecule has 0 saturated heterocycles. The summed E-state index contributed by atoms with van der Waals surface area (Å²) >= 11 is 0. The standard InChI is InChI=1S/C20H20N2O2S/c1-2-3-7-15-14-18-17-12-13-22(20(17)11-10-19(18)21-15)25(23,24)16-8-5-4-6-9-16/h4-6,8-14,21H,2-3,7H2,1H3. The molecule has 0 atom stereocenters. The molecule has 0 amide bonds. The van der Waals surface area contributed by atoms with E-state index < -0.39 is 10.0 Å². The molecule has 0 fully saturated rings. The average Bonchev–Trinajstić information content (AvgIpc) is 3.24. The summed E-state index contributed by atoms with van der Waals surface area (Å²) in [5.74, 6) is 0. The SMILES string of the molecule is CCCCc1cc2c(ccc3c2ccn3S(=O)(=O)c2ccccc2)[nH]1. The van der Waals surface area contributed by atoms with Crippen molar-refractivity contribution in [3.05, 3.63) is 66.5 Å². The van der Waals surface area contributed by atoms with Crippen LogP contribution in [0, 0.1) is 0 Å². The van der Waals surface area contributed by atoms with Gasteiger partial charge in [-0.25, -0.2) is 12.4 Å². The number of hydrogen-bond acceptors (Lipinski definition) is 2. The quantitative estimate of drug-likeness (QED) is 0.566. The number of rotatable bonds is 5. The van der Waals surface area contributed by atoms with Gasteiger partial charge in [-0.2, -0.15) is 0 Å². The Balaban J connectivity index is 1.87. The molecule has 2 aromatic carbocycles. The molecule has 4 nitrogen and oxygen atoms in total. The molecular formula is C20H20N2O2S. The highest BCUT2D eigenvalue weighted by Gasteiger charge is 2.19. The highest BCUT2D eigenvalue weighted by atomic mass is 32.2. The van der Waals surface area contributed by atoms with Crippen molar-refractivity contribution in [2.45, 2.75) is 31.1 Å². The topological polar surface area (TPSA) is 54.9 Å². The van der Waals surface area contributed by atoms with Crippen molar-refractivity contribution >= 4 is 31.8 Å². The van der Waals surface area contributed by atoms with Gasteiger partial charge >= 0.3 is 0 Å². The number of aromatic nitrogens is 2. The summed E-state index contributed by atoms with van der Waals surface area (Å²) in [5.41, 5.74) is 2.95. The highest BCUT2D eigenvalue weighted by molar-refractivity contribution is 7.90. The number of nitrogens with zero attached hydrogens (tertiary/aromatic N) is 1. The average molecular weight is 352 g/mol. The van der Waals surface area contributed by atoms with Crippen molar-refractivity contribution < 1.29 is 8.42 Å². The van der Waals surface area contributed by atoms with Crippen molar-refractivity contribution in [1.82, 2.24) is 8.96 Å². The summed E-state index contributed by atoms with van der Waals surface area (Å²) in [6.45, 7) is 2.18. The lowest BCUT2D eigenvalue weighted by molar-refractivity contribution is 0.589. The van der Waals surface area contributed by atoms with Gasteiger partial charge in [-0.05, 0) is 49.2 Å². The number of H-pyrrole nitrogens is 1. The Labute approximate surface area is 147 Å². The Morgan fingerprint density at radius 3 is 2.56 bits per heavy atom. The number of aryl methyl sites for hydroxylation is 1. The van der Waals surface area contributed by atoms with E-state index in [1.165, 1.54) is 9.67 Å². The van der Waals surface area contributed by atoms with Gasteiger partial charge in [0.2, 0.25) is 0 Å². The van der Waals surface area contributed by atoms with Crippen LogP contribution in [0.1, 0.15) is 25.5 Å². The third kappa shape index (κ3) is 2.65. The van der Waals surface area contributed by atoms with E-state index in [2.05, 4.69) is 18.0 Å². The van der Waals surface area contributed by atoms with Gasteiger partial charge in [0.1, 0.15) is 0 Å². The summed E-state index contributed by atoms with van der Waals surface area (Å²) in [6.07, 6.45) is 4.94. The summed E-state index contributed by atoms with van der Waals surface area (Å²) in [4.78, 5) is 3.74. The normalized spacial score (nSPS) is 12.2. The maximum absolute atomic E-state index is 12.9. The van der Waals surface area contributed by atoms with Gasteiger partial charge in [0.25, 0.3) is 10.0 Å². The summed E-state index contributed by atoms with van der Waals surface area (Å²) in [6, 6.07) is 16.4. The molecule has 0 radical (unpaired) electrons. The first-order chi connectivity index (χ1) is 12.1. The summed E-state index contributed by atoms with van der Waals surface area (Å²) < 4.78 is 27.3. The highest BCUT2D eigenvalue weighted by Crippen LogP contribution is 2.29. The molecule has 0 saturated carbocycles. The van der Waals surface area contributed by atoms with E-state index in [9.17, 15) is 8.42 Å². The maximum atomic E-state index is 12.9. The third-order valence-electron chi connectivity index (χ3n) is 4.59. The van der Waals surface area contributed by atoms with E-state index in [-0.39, 0.29) is 0 Å². The van der Waals surface area contributed by atoms with Crippen molar-refractivity contribution in [3.8, 4) is 0 Å². The van der Waals surface area contributed by atoms with E-state index in [0.29, 0.717) is 10.4 Å². The van der Waals surface area contributed by atoms with Crippen molar-refractivity contribution in [2.75, 3.05) is 0 Å². The minimum atomic E-state index is -3.59. The van der Waals surface area contributed by atoms with E-state index in [1.807, 2.05) is 24.3 Å². The number of benzene rings is 2. The van der Waals surface area contributed by atoms with Gasteiger partial charge in [-0.1, -0.05) is 31.5 Å². The lowest BCUT2D eigenvalue weighted by Gasteiger charge is -2.07. The molecule has 0 aliphatic heterocycles. The molecule has 0 unspecified atom stereocenters. The number of fused-ring (bicyclic) bond motifs is 3. The second kappa shape index (κ2) is 6.08. The van der Waals surface area contributed by atoms with Gasteiger partial charge in [-0.15, -0.1) is 0 Å². The van der Waals surface area contributed by atoms with Crippen LogP contribution >= 0.6 is 0 Å². The van der Waals surface area contributed by atoms with E-state index in [4.69, 9.17) is 0 Å². The van der Waals surface area contributed by atoms with E-state index in [0.717, 1.165) is 35.6 Å². The number of nitrogens with one attached hydrogen (secondary N) is 1. The molecule has 25 heavy (non-hydrogen) atoms. The van der Waals surface area contributed by atoms with Gasteiger partial charge in [-0.3, -0.25) is 0 Å². The van der Waals surface area contributed by atoms with Crippen LogP contribution in [0.2, 0.25) is 0 Å². The lowest BCUT2D eigenvalue weighted by Crippen LogP contribution is -2.11. The van der Waals surface area contributed by atoms with E-state index >= 15 is 0 Å². The van der Waals surface area contributed by atoms with Gasteiger partial charge in [0.05, 0.1) is 10.4 Å². The zero-order valence-electron chi connectivity index (χ0n) is 14.1. The van der Waals surface area contributed by atoms with Crippen LogP contribution in [-0.2, 0) is 16.4 Å². The van der Waals surface area contributed by atoms with Gasteiger partial charge < -0.3 is 4.98 Å². The van der Waals surface area contributed by atoms with Crippen molar-refractivity contribution in [2.24, 2.45) is 0 Å². The molecule has 2 heterocycles. The molecular weight excluding hydrogens is 332 g/mol. The number of hydrogen-bond donors (Lipinski definition) is 1. The molecule has 2 aromatic heterocycles. The zero-order chi connectivity index (χ0) is 17.4. The Bertz CT molecular complexity index is 1140. The minimum absolute atomic E-state index is 0.297. The monoisotopic (exact) mass is 352 g/mol. The largest absolute Gasteiger partial charge is 0.358 e. The van der Waals surface area contributed by atoms with Crippen LogP contribution in [-0.4, -0.2) is 17.4 Å². The second-order valence-corrected chi connectivity index (χ2v) is 8.10. The van der Waals surface area contributed by atoms with Crippen LogP contribution in [0.4, 0.5) is 0 Å². The Kier molecular flexibility index (Phi) is 3.88. The molecule has 4 rings (SSSR count). The zero-order valence-corrected chi connectivity index (χ0v) is 14.9. The first-order valence-electron chi connectivity index (χ1n) is 8.53. The molecule has 0 spiro atoms. The fourth-order valence-electron chi connectivity index (χ4n) is 3.28. The summed E-state index contributed by atoms with van der Waals surface area (Å²) in [7, 11) is -3.59. The Hall–Kier alpha value is -2.53. The second-order valence-electron chi connectivity index (χ2n) is 6.29. The number of unbranched alkanes of at least 4 members (excludes halogenated alkanes) is 1. The molecule has 5 heteroatoms. The van der Waals surface area contributed by atoms with Gasteiger partial charge in [0, 0.05) is 28.2 Å². The van der Waals surface area contributed by atoms with Crippen LogP contribution in [0.15, 0.2) is 65.7 Å². The van der Waals surface area contributed by atoms with Crippen LogP contribution in [0.3, 0.4) is 0 Å². The molecule has 0 aliphatic carbocycles. The third-order valence-corrected chi connectivity index (χ3v) is 6.30. The Morgan fingerprint density at radius 2 is 1.80 bits per heavy atom. The van der Waals surface area contributed by atoms with Crippen LogP contribution in [0.25, 0.3) is 21.8 Å². The van der Waals surface area contributed by atoms with Gasteiger partial charge in [0.15, 0.2) is 0 Å². The molecule has 128 valence electrons. The van der Waals surface area contributed by atoms with E-state index in [1.54, 1.807) is 30.5 Å². The Morgan fingerprint density at radius 1 is 1.00 bits per heavy atom. The summed E-state index contributed by atoms with van der Waals surface area (Å²) in [5, 5.41) is 2.03. The fourth-order valence-corrected chi connectivity index (χ4v) is 4.65.